The summed E-state index contributed by atoms with van der Waals surface area (Å²) >= 11 is 0. The van der Waals surface area contributed by atoms with Crippen molar-refractivity contribution in [2.45, 2.75) is 32.8 Å². The Kier molecular flexibility index (Phi) is 6.04. The van der Waals surface area contributed by atoms with Gasteiger partial charge in [0.2, 0.25) is 0 Å². The zero-order chi connectivity index (χ0) is 15.9. The second-order valence-corrected chi connectivity index (χ2v) is 5.30. The second kappa shape index (κ2) is 7.53. The summed E-state index contributed by atoms with van der Waals surface area (Å²) in [5, 5.41) is 2.60. The summed E-state index contributed by atoms with van der Waals surface area (Å²) in [4.78, 5) is 11.4. The van der Waals surface area contributed by atoms with Gasteiger partial charge in [0.25, 0.3) is 0 Å². The summed E-state index contributed by atoms with van der Waals surface area (Å²) in [5.74, 6) is 5.36. The minimum absolute atomic E-state index is 0.130. The van der Waals surface area contributed by atoms with Crippen LogP contribution in [0.25, 0.3) is 0 Å². The Morgan fingerprint density at radius 1 is 1.38 bits per heavy atom. The van der Waals surface area contributed by atoms with E-state index in [9.17, 15) is 9.18 Å². The van der Waals surface area contributed by atoms with Gasteiger partial charge < -0.3 is 14.8 Å². The van der Waals surface area contributed by atoms with Crippen molar-refractivity contribution in [2.24, 2.45) is 0 Å². The van der Waals surface area contributed by atoms with E-state index in [1.54, 1.807) is 32.9 Å². The van der Waals surface area contributed by atoms with Crippen LogP contribution in [0.1, 0.15) is 32.8 Å². The molecule has 21 heavy (non-hydrogen) atoms. The summed E-state index contributed by atoms with van der Waals surface area (Å²) < 4.78 is 23.5. The maximum Gasteiger partial charge on any atom is 0.407 e. The minimum Gasteiger partial charge on any atom is -0.492 e. The number of para-hydroxylation sites is 1. The molecule has 1 N–H and O–H groups in total. The molecule has 114 valence electrons. The molecule has 1 aromatic carbocycles. The number of methoxy groups -OCH3 is 1. The molecule has 4 nitrogen and oxygen atoms in total. The first-order chi connectivity index (χ1) is 9.83. The summed E-state index contributed by atoms with van der Waals surface area (Å²) in [6.45, 7) is 5.74. The summed E-state index contributed by atoms with van der Waals surface area (Å²) in [7, 11) is 1.40. The fourth-order valence-electron chi connectivity index (χ4n) is 1.51. The van der Waals surface area contributed by atoms with Crippen LogP contribution in [-0.2, 0) is 4.74 Å². The van der Waals surface area contributed by atoms with Crippen molar-refractivity contribution in [3.8, 4) is 17.6 Å². The number of nitrogens with one attached hydrogen (secondary N) is 1. The zero-order valence-corrected chi connectivity index (χ0v) is 12.7. The Morgan fingerprint density at radius 3 is 2.71 bits per heavy atom. The molecule has 0 unspecified atom stereocenters. The Balaban J connectivity index is 2.48. The van der Waals surface area contributed by atoms with E-state index < -0.39 is 17.5 Å². The minimum atomic E-state index is -0.523. The lowest BCUT2D eigenvalue weighted by Gasteiger charge is -2.19. The van der Waals surface area contributed by atoms with Gasteiger partial charge in [-0.1, -0.05) is 17.9 Å². The number of halogens is 1. The fourth-order valence-corrected chi connectivity index (χ4v) is 1.51. The average Bonchev–Trinajstić information content (AvgIpc) is 2.36. The molecule has 0 saturated carbocycles. The highest BCUT2D eigenvalue weighted by Crippen LogP contribution is 2.20. The van der Waals surface area contributed by atoms with Gasteiger partial charge in [0.15, 0.2) is 11.6 Å². The standard InChI is InChI=1S/C16H20FNO3/c1-16(2,3)21-15(19)18-11-6-5-8-12-9-7-10-13(17)14(12)20-4/h7,9-10H,6,11H2,1-4H3,(H,18,19). The lowest BCUT2D eigenvalue weighted by Crippen LogP contribution is -2.32. The van der Waals surface area contributed by atoms with Gasteiger partial charge in [-0.25, -0.2) is 9.18 Å². The van der Waals surface area contributed by atoms with Gasteiger partial charge in [0, 0.05) is 13.0 Å². The molecule has 0 aliphatic carbocycles. The molecular formula is C16H20FNO3. The molecule has 1 amide bonds. The van der Waals surface area contributed by atoms with E-state index in [1.165, 1.54) is 13.2 Å². The molecule has 0 aromatic heterocycles. The SMILES string of the molecule is COc1c(F)cccc1C#CCCNC(=O)OC(C)(C)C. The van der Waals surface area contributed by atoms with E-state index in [2.05, 4.69) is 17.2 Å². The van der Waals surface area contributed by atoms with Crippen molar-refractivity contribution >= 4 is 6.09 Å². The summed E-state index contributed by atoms with van der Waals surface area (Å²) in [5.41, 5.74) is -0.0419. The summed E-state index contributed by atoms with van der Waals surface area (Å²) in [6, 6.07) is 4.56. The van der Waals surface area contributed by atoms with Crippen LogP contribution in [0.5, 0.6) is 5.75 Å². The number of amides is 1. The first-order valence-corrected chi connectivity index (χ1v) is 6.61. The molecule has 0 atom stereocenters. The van der Waals surface area contributed by atoms with E-state index in [-0.39, 0.29) is 5.75 Å². The van der Waals surface area contributed by atoms with Crippen molar-refractivity contribution in [1.29, 1.82) is 0 Å². The Bertz CT molecular complexity index is 553. The molecule has 1 aromatic rings. The van der Waals surface area contributed by atoms with Crippen molar-refractivity contribution in [1.82, 2.24) is 5.32 Å². The Labute approximate surface area is 124 Å². The number of alkyl carbamates (subject to hydrolysis) is 1. The van der Waals surface area contributed by atoms with Crippen LogP contribution in [-0.4, -0.2) is 25.3 Å². The Morgan fingerprint density at radius 2 is 2.10 bits per heavy atom. The molecular weight excluding hydrogens is 273 g/mol. The van der Waals surface area contributed by atoms with Crippen LogP contribution in [0.15, 0.2) is 18.2 Å². The zero-order valence-electron chi connectivity index (χ0n) is 12.7. The monoisotopic (exact) mass is 293 g/mol. The predicted molar refractivity (Wildman–Crippen MR) is 78.7 cm³/mol. The molecule has 0 aliphatic heterocycles. The third kappa shape index (κ3) is 6.17. The molecule has 0 fully saturated rings. The highest BCUT2D eigenvalue weighted by molar-refractivity contribution is 5.67. The summed E-state index contributed by atoms with van der Waals surface area (Å²) in [6.07, 6.45) is -0.0496. The van der Waals surface area contributed by atoms with Crippen molar-refractivity contribution in [3.63, 3.8) is 0 Å². The van der Waals surface area contributed by atoms with E-state index in [0.717, 1.165) is 0 Å². The van der Waals surface area contributed by atoms with Gasteiger partial charge >= 0.3 is 6.09 Å². The molecule has 0 radical (unpaired) electrons. The van der Waals surface area contributed by atoms with E-state index in [4.69, 9.17) is 9.47 Å². The lowest BCUT2D eigenvalue weighted by molar-refractivity contribution is 0.0529. The third-order valence-electron chi connectivity index (χ3n) is 2.31. The fraction of sp³-hybridized carbons (Fsp3) is 0.438. The van der Waals surface area contributed by atoms with Gasteiger partial charge in [-0.3, -0.25) is 0 Å². The van der Waals surface area contributed by atoms with Gasteiger partial charge in [-0.15, -0.1) is 0 Å². The van der Waals surface area contributed by atoms with E-state index >= 15 is 0 Å². The average molecular weight is 293 g/mol. The highest BCUT2D eigenvalue weighted by Gasteiger charge is 2.15. The molecule has 0 spiro atoms. The van der Waals surface area contributed by atoms with Crippen LogP contribution in [0.2, 0.25) is 0 Å². The van der Waals surface area contributed by atoms with Crippen LogP contribution in [0, 0.1) is 17.7 Å². The number of benzene rings is 1. The maximum absolute atomic E-state index is 13.4. The molecule has 0 aliphatic rings. The molecule has 5 heteroatoms. The van der Waals surface area contributed by atoms with Gasteiger partial charge in [0.1, 0.15) is 5.60 Å². The van der Waals surface area contributed by atoms with Crippen molar-refractivity contribution in [3.05, 3.63) is 29.6 Å². The lowest BCUT2D eigenvalue weighted by atomic mass is 10.2. The largest absolute Gasteiger partial charge is 0.492 e. The predicted octanol–water partition coefficient (Wildman–Crippen LogP) is 3.10. The topological polar surface area (TPSA) is 47.6 Å². The van der Waals surface area contributed by atoms with Crippen LogP contribution in [0.4, 0.5) is 9.18 Å². The van der Waals surface area contributed by atoms with Crippen LogP contribution in [0.3, 0.4) is 0 Å². The number of ether oxygens (including phenoxy) is 2. The molecule has 0 bridgehead atoms. The van der Waals surface area contributed by atoms with E-state index in [0.29, 0.717) is 18.5 Å². The number of rotatable bonds is 3. The smallest absolute Gasteiger partial charge is 0.407 e. The first-order valence-electron chi connectivity index (χ1n) is 6.61. The second-order valence-electron chi connectivity index (χ2n) is 5.30. The van der Waals surface area contributed by atoms with Crippen molar-refractivity contribution < 1.29 is 18.7 Å². The van der Waals surface area contributed by atoms with Gasteiger partial charge in [0.05, 0.1) is 12.7 Å². The third-order valence-corrected chi connectivity index (χ3v) is 2.31. The number of carbonyl (C=O) groups excluding carboxylic acids is 1. The molecule has 0 saturated heterocycles. The molecule has 0 heterocycles. The number of hydrogen-bond acceptors (Lipinski definition) is 3. The molecule has 1 rings (SSSR count). The number of carbonyl (C=O) groups is 1. The van der Waals surface area contributed by atoms with Crippen molar-refractivity contribution in [2.75, 3.05) is 13.7 Å². The van der Waals surface area contributed by atoms with Crippen LogP contribution < -0.4 is 10.1 Å². The van der Waals surface area contributed by atoms with E-state index in [1.807, 2.05) is 0 Å². The Hall–Kier alpha value is -2.22. The normalized spacial score (nSPS) is 10.3. The maximum atomic E-state index is 13.4. The quantitative estimate of drug-likeness (QED) is 0.688. The first kappa shape index (κ1) is 16.8. The van der Waals surface area contributed by atoms with Gasteiger partial charge in [-0.2, -0.15) is 0 Å². The van der Waals surface area contributed by atoms with Gasteiger partial charge in [-0.05, 0) is 32.9 Å². The van der Waals surface area contributed by atoms with Crippen LogP contribution >= 0.6 is 0 Å². The number of hydrogen-bond donors (Lipinski definition) is 1. The highest BCUT2D eigenvalue weighted by atomic mass is 19.1.